The highest BCUT2D eigenvalue weighted by Crippen LogP contribution is 2.13. The molecule has 0 aliphatic carbocycles. The van der Waals surface area contributed by atoms with Gasteiger partial charge in [-0.25, -0.2) is 0 Å². The molecule has 2 N–H and O–H groups in total. The third-order valence-electron chi connectivity index (χ3n) is 3.20. The highest BCUT2D eigenvalue weighted by Gasteiger charge is 2.15. The first-order valence-electron chi connectivity index (χ1n) is 6.59. The largest absolute Gasteiger partial charge is 0.335 e. The highest BCUT2D eigenvalue weighted by atomic mass is 16.2. The fraction of sp³-hybridized carbons (Fsp3) is 0.267. The SMILES string of the molecule is CCN(Cc1ccccc1CN)C(=O)c1ccnnc1. The van der Waals surface area contributed by atoms with E-state index in [4.69, 9.17) is 5.73 Å². The van der Waals surface area contributed by atoms with Crippen molar-refractivity contribution in [3.05, 3.63) is 59.4 Å². The van der Waals surface area contributed by atoms with E-state index in [-0.39, 0.29) is 5.91 Å². The Hall–Kier alpha value is -2.27. The molecule has 1 aromatic carbocycles. The van der Waals surface area contributed by atoms with Gasteiger partial charge in [0, 0.05) is 19.6 Å². The second kappa shape index (κ2) is 6.77. The molecule has 0 radical (unpaired) electrons. The van der Waals surface area contributed by atoms with Crippen molar-refractivity contribution in [1.82, 2.24) is 15.1 Å². The van der Waals surface area contributed by atoms with E-state index in [0.29, 0.717) is 25.2 Å². The normalized spacial score (nSPS) is 10.3. The minimum Gasteiger partial charge on any atom is -0.335 e. The van der Waals surface area contributed by atoms with Gasteiger partial charge in [-0.2, -0.15) is 10.2 Å². The van der Waals surface area contributed by atoms with E-state index in [0.717, 1.165) is 11.1 Å². The Morgan fingerprint density at radius 3 is 2.55 bits per heavy atom. The lowest BCUT2D eigenvalue weighted by molar-refractivity contribution is 0.0751. The van der Waals surface area contributed by atoms with E-state index >= 15 is 0 Å². The number of benzene rings is 1. The summed E-state index contributed by atoms with van der Waals surface area (Å²) in [4.78, 5) is 14.2. The van der Waals surface area contributed by atoms with Crippen LogP contribution in [0.2, 0.25) is 0 Å². The zero-order valence-corrected chi connectivity index (χ0v) is 11.5. The average Bonchev–Trinajstić information content (AvgIpc) is 2.53. The van der Waals surface area contributed by atoms with Crippen LogP contribution < -0.4 is 5.73 Å². The molecule has 0 bridgehead atoms. The molecular weight excluding hydrogens is 252 g/mol. The Bertz CT molecular complexity index is 571. The molecule has 5 heteroatoms. The van der Waals surface area contributed by atoms with Gasteiger partial charge in [0.15, 0.2) is 0 Å². The van der Waals surface area contributed by atoms with Crippen LogP contribution in [0.5, 0.6) is 0 Å². The maximum Gasteiger partial charge on any atom is 0.255 e. The lowest BCUT2D eigenvalue weighted by atomic mass is 10.1. The summed E-state index contributed by atoms with van der Waals surface area (Å²) in [6.07, 6.45) is 3.01. The third kappa shape index (κ3) is 3.19. The van der Waals surface area contributed by atoms with Gasteiger partial charge < -0.3 is 10.6 Å². The Morgan fingerprint density at radius 2 is 1.95 bits per heavy atom. The monoisotopic (exact) mass is 270 g/mol. The fourth-order valence-electron chi connectivity index (χ4n) is 2.04. The highest BCUT2D eigenvalue weighted by molar-refractivity contribution is 5.93. The smallest absolute Gasteiger partial charge is 0.255 e. The molecule has 0 unspecified atom stereocenters. The summed E-state index contributed by atoms with van der Waals surface area (Å²) < 4.78 is 0. The van der Waals surface area contributed by atoms with Gasteiger partial charge in [-0.15, -0.1) is 0 Å². The van der Waals surface area contributed by atoms with Crippen LogP contribution >= 0.6 is 0 Å². The van der Waals surface area contributed by atoms with E-state index in [9.17, 15) is 4.79 Å². The number of nitrogens with zero attached hydrogens (tertiary/aromatic N) is 3. The lowest BCUT2D eigenvalue weighted by Gasteiger charge is -2.22. The predicted molar refractivity (Wildman–Crippen MR) is 76.8 cm³/mol. The predicted octanol–water partition coefficient (Wildman–Crippen LogP) is 1.60. The zero-order valence-electron chi connectivity index (χ0n) is 11.5. The van der Waals surface area contributed by atoms with Gasteiger partial charge in [-0.3, -0.25) is 4.79 Å². The number of hydrogen-bond acceptors (Lipinski definition) is 4. The first-order valence-corrected chi connectivity index (χ1v) is 6.59. The van der Waals surface area contributed by atoms with Crippen molar-refractivity contribution in [3.8, 4) is 0 Å². The number of carbonyl (C=O) groups is 1. The maximum absolute atomic E-state index is 12.4. The van der Waals surface area contributed by atoms with Crippen molar-refractivity contribution in [2.45, 2.75) is 20.0 Å². The summed E-state index contributed by atoms with van der Waals surface area (Å²) in [7, 11) is 0. The number of aromatic nitrogens is 2. The summed E-state index contributed by atoms with van der Waals surface area (Å²) in [5.41, 5.74) is 8.42. The van der Waals surface area contributed by atoms with Gasteiger partial charge in [-0.1, -0.05) is 24.3 Å². The Morgan fingerprint density at radius 1 is 1.20 bits per heavy atom. The van der Waals surface area contributed by atoms with E-state index in [2.05, 4.69) is 10.2 Å². The van der Waals surface area contributed by atoms with E-state index in [1.165, 1.54) is 12.4 Å². The van der Waals surface area contributed by atoms with Crippen LogP contribution in [-0.4, -0.2) is 27.5 Å². The summed E-state index contributed by atoms with van der Waals surface area (Å²) in [5, 5.41) is 7.43. The van der Waals surface area contributed by atoms with Gasteiger partial charge in [0.25, 0.3) is 5.91 Å². The topological polar surface area (TPSA) is 72.1 Å². The van der Waals surface area contributed by atoms with Gasteiger partial charge in [-0.05, 0) is 24.1 Å². The Kier molecular flexibility index (Phi) is 4.79. The number of amides is 1. The summed E-state index contributed by atoms with van der Waals surface area (Å²) in [5.74, 6) is -0.0470. The number of nitrogens with two attached hydrogens (primary N) is 1. The minimum absolute atomic E-state index is 0.0470. The van der Waals surface area contributed by atoms with Crippen LogP contribution in [-0.2, 0) is 13.1 Å². The molecule has 1 amide bonds. The Labute approximate surface area is 118 Å². The maximum atomic E-state index is 12.4. The third-order valence-corrected chi connectivity index (χ3v) is 3.20. The van der Waals surface area contributed by atoms with Crippen molar-refractivity contribution in [1.29, 1.82) is 0 Å². The molecule has 5 nitrogen and oxygen atoms in total. The molecule has 0 aliphatic heterocycles. The first-order chi connectivity index (χ1) is 9.76. The standard InChI is InChI=1S/C15H18N4O/c1-2-19(15(20)13-7-8-17-18-10-13)11-14-6-4-3-5-12(14)9-16/h3-8,10H,2,9,11,16H2,1H3. The van der Waals surface area contributed by atoms with Crippen LogP contribution in [0.25, 0.3) is 0 Å². The van der Waals surface area contributed by atoms with Crippen molar-refractivity contribution >= 4 is 5.91 Å². The molecule has 0 aliphatic rings. The van der Waals surface area contributed by atoms with E-state index in [1.807, 2.05) is 31.2 Å². The number of carbonyl (C=O) groups excluding carboxylic acids is 1. The van der Waals surface area contributed by atoms with Crippen LogP contribution in [0.4, 0.5) is 0 Å². The minimum atomic E-state index is -0.0470. The van der Waals surface area contributed by atoms with Gasteiger partial charge in [0.2, 0.25) is 0 Å². The number of rotatable bonds is 5. The van der Waals surface area contributed by atoms with Crippen LogP contribution in [0.1, 0.15) is 28.4 Å². The summed E-state index contributed by atoms with van der Waals surface area (Å²) in [6, 6.07) is 9.58. The van der Waals surface area contributed by atoms with Crippen LogP contribution in [0.15, 0.2) is 42.7 Å². The van der Waals surface area contributed by atoms with Gasteiger partial charge in [0.1, 0.15) is 0 Å². The van der Waals surface area contributed by atoms with Gasteiger partial charge in [0.05, 0.1) is 18.0 Å². The first kappa shape index (κ1) is 14.1. The Balaban J connectivity index is 2.19. The zero-order chi connectivity index (χ0) is 14.4. The average molecular weight is 270 g/mol. The molecule has 0 spiro atoms. The molecule has 2 rings (SSSR count). The second-order valence-electron chi connectivity index (χ2n) is 4.42. The molecule has 1 heterocycles. The van der Waals surface area contributed by atoms with E-state index in [1.54, 1.807) is 11.0 Å². The molecule has 0 fully saturated rings. The lowest BCUT2D eigenvalue weighted by Crippen LogP contribution is -2.31. The molecule has 104 valence electrons. The molecule has 1 aromatic heterocycles. The van der Waals surface area contributed by atoms with Crippen molar-refractivity contribution in [2.75, 3.05) is 6.54 Å². The van der Waals surface area contributed by atoms with Crippen LogP contribution in [0, 0.1) is 0 Å². The molecule has 20 heavy (non-hydrogen) atoms. The molecule has 2 aromatic rings. The van der Waals surface area contributed by atoms with Crippen molar-refractivity contribution in [3.63, 3.8) is 0 Å². The molecule has 0 atom stereocenters. The van der Waals surface area contributed by atoms with Crippen molar-refractivity contribution < 1.29 is 4.79 Å². The number of hydrogen-bond donors (Lipinski definition) is 1. The van der Waals surface area contributed by atoms with Crippen molar-refractivity contribution in [2.24, 2.45) is 5.73 Å². The summed E-state index contributed by atoms with van der Waals surface area (Å²) >= 11 is 0. The molecular formula is C15H18N4O. The molecule has 0 saturated heterocycles. The fourth-order valence-corrected chi connectivity index (χ4v) is 2.04. The van der Waals surface area contributed by atoms with Gasteiger partial charge >= 0.3 is 0 Å². The quantitative estimate of drug-likeness (QED) is 0.895. The summed E-state index contributed by atoms with van der Waals surface area (Å²) in [6.45, 7) is 3.60. The van der Waals surface area contributed by atoms with E-state index < -0.39 is 0 Å². The molecule has 0 saturated carbocycles. The second-order valence-corrected chi connectivity index (χ2v) is 4.42. The van der Waals surface area contributed by atoms with Crippen LogP contribution in [0.3, 0.4) is 0 Å².